The molecule has 0 radical (unpaired) electrons. The van der Waals surface area contributed by atoms with Gasteiger partial charge in [0, 0.05) is 5.92 Å². The number of nitrogens with zero attached hydrogens (tertiary/aromatic N) is 1. The second-order valence-corrected chi connectivity index (χ2v) is 5.85. The summed E-state index contributed by atoms with van der Waals surface area (Å²) in [5.74, 6) is -2.24. The number of hydrogen-bond donors (Lipinski definition) is 1. The average molecular weight is 346 g/mol. The lowest BCUT2D eigenvalue weighted by atomic mass is 9.78. The lowest BCUT2D eigenvalue weighted by molar-refractivity contribution is -0.150. The van der Waals surface area contributed by atoms with E-state index < -0.39 is 23.7 Å². The molecular weight excluding hydrogens is 328 g/mol. The van der Waals surface area contributed by atoms with Crippen LogP contribution >= 0.6 is 11.8 Å². The summed E-state index contributed by atoms with van der Waals surface area (Å²) in [6.07, 6.45) is 1.76. The Kier molecular flexibility index (Phi) is 5.88. The van der Waals surface area contributed by atoms with Crippen molar-refractivity contribution < 1.29 is 19.1 Å². The summed E-state index contributed by atoms with van der Waals surface area (Å²) < 4.78 is 10.2. The highest BCUT2D eigenvalue weighted by atomic mass is 32.2. The number of thioether (sulfide) groups is 1. The number of carbonyl (C=O) groups is 2. The predicted octanol–water partition coefficient (Wildman–Crippen LogP) is 2.19. The first-order valence-corrected chi connectivity index (χ1v) is 8.59. The number of nitriles is 1. The summed E-state index contributed by atoms with van der Waals surface area (Å²) in [4.78, 5) is 24.5. The fraction of sp³-hybridized carbons (Fsp3) is 0.353. The standard InChI is InChI=1S/C17H18N2O4S/c1-4-23-11-7-5-10(6-8-11)13-12(9-18)16(24-3)19-15(20)14(13)17(21)22-2/h5-8,13-14H,4H2,1-3H3,(H,19,20)/t13-,14-/m1/s1. The van der Waals surface area contributed by atoms with Crippen LogP contribution in [0, 0.1) is 17.2 Å². The Morgan fingerprint density at radius 1 is 1.38 bits per heavy atom. The minimum Gasteiger partial charge on any atom is -0.494 e. The molecule has 7 heteroatoms. The first kappa shape index (κ1) is 17.9. The highest BCUT2D eigenvalue weighted by molar-refractivity contribution is 8.02. The second-order valence-electron chi connectivity index (χ2n) is 5.03. The van der Waals surface area contributed by atoms with Crippen molar-refractivity contribution in [1.29, 1.82) is 5.26 Å². The smallest absolute Gasteiger partial charge is 0.319 e. The minimum absolute atomic E-state index is 0.349. The van der Waals surface area contributed by atoms with Gasteiger partial charge in [0.2, 0.25) is 5.91 Å². The molecule has 2 rings (SSSR count). The summed E-state index contributed by atoms with van der Waals surface area (Å²) in [6, 6.07) is 9.17. The van der Waals surface area contributed by atoms with Crippen LogP contribution in [0.15, 0.2) is 34.9 Å². The number of rotatable bonds is 5. The molecule has 0 fully saturated rings. The van der Waals surface area contributed by atoms with Crippen molar-refractivity contribution in [3.8, 4) is 11.8 Å². The van der Waals surface area contributed by atoms with E-state index in [1.165, 1.54) is 18.9 Å². The quantitative estimate of drug-likeness (QED) is 0.649. The molecule has 1 aliphatic heterocycles. The molecule has 0 unspecified atom stereocenters. The zero-order valence-corrected chi connectivity index (χ0v) is 14.5. The Balaban J connectivity index is 2.54. The number of allylic oxidation sites excluding steroid dienone is 1. The maximum atomic E-state index is 12.4. The van der Waals surface area contributed by atoms with E-state index in [1.807, 2.05) is 6.92 Å². The van der Waals surface area contributed by atoms with Gasteiger partial charge in [0.25, 0.3) is 0 Å². The number of hydrogen-bond acceptors (Lipinski definition) is 6. The van der Waals surface area contributed by atoms with E-state index in [-0.39, 0.29) is 0 Å². The Hall–Kier alpha value is -2.46. The molecule has 0 saturated heterocycles. The van der Waals surface area contributed by atoms with Gasteiger partial charge in [0.1, 0.15) is 11.7 Å². The summed E-state index contributed by atoms with van der Waals surface area (Å²) >= 11 is 1.26. The normalized spacial score (nSPS) is 20.2. The lowest BCUT2D eigenvalue weighted by Crippen LogP contribution is -2.44. The van der Waals surface area contributed by atoms with Gasteiger partial charge in [-0.2, -0.15) is 5.26 Å². The molecule has 1 aromatic carbocycles. The monoisotopic (exact) mass is 346 g/mol. The lowest BCUT2D eigenvalue weighted by Gasteiger charge is -2.30. The first-order chi connectivity index (χ1) is 11.6. The molecule has 0 aromatic heterocycles. The van der Waals surface area contributed by atoms with Gasteiger partial charge < -0.3 is 14.8 Å². The van der Waals surface area contributed by atoms with Crippen LogP contribution in [0.25, 0.3) is 0 Å². The Labute approximate surface area is 144 Å². The largest absolute Gasteiger partial charge is 0.494 e. The van der Waals surface area contributed by atoms with Crippen molar-refractivity contribution >= 4 is 23.6 Å². The Morgan fingerprint density at radius 3 is 2.54 bits per heavy atom. The fourth-order valence-electron chi connectivity index (χ4n) is 2.66. The SMILES string of the molecule is CCOc1ccc([C@@H]2C(C#N)=C(SC)NC(=O)[C@@H]2C(=O)OC)cc1. The first-order valence-electron chi connectivity index (χ1n) is 7.37. The predicted molar refractivity (Wildman–Crippen MR) is 90.2 cm³/mol. The molecule has 0 bridgehead atoms. The molecular formula is C17H18N2O4S. The van der Waals surface area contributed by atoms with Gasteiger partial charge in [-0.1, -0.05) is 12.1 Å². The van der Waals surface area contributed by atoms with E-state index in [4.69, 9.17) is 9.47 Å². The van der Waals surface area contributed by atoms with Crippen molar-refractivity contribution in [3.05, 3.63) is 40.4 Å². The summed E-state index contributed by atoms with van der Waals surface area (Å²) in [5.41, 5.74) is 1.04. The average Bonchev–Trinajstić information content (AvgIpc) is 2.61. The number of amides is 1. The number of nitrogens with one attached hydrogen (secondary N) is 1. The molecule has 6 nitrogen and oxygen atoms in total. The minimum atomic E-state index is -1.10. The summed E-state index contributed by atoms with van der Waals surface area (Å²) in [6.45, 7) is 2.42. The number of esters is 1. The third-order valence-corrected chi connectivity index (χ3v) is 4.47. The van der Waals surface area contributed by atoms with Gasteiger partial charge in [-0.15, -0.1) is 11.8 Å². The molecule has 24 heavy (non-hydrogen) atoms. The van der Waals surface area contributed by atoms with E-state index in [1.54, 1.807) is 30.5 Å². The van der Waals surface area contributed by atoms with Crippen molar-refractivity contribution in [2.45, 2.75) is 12.8 Å². The van der Waals surface area contributed by atoms with Gasteiger partial charge >= 0.3 is 5.97 Å². The van der Waals surface area contributed by atoms with E-state index in [0.717, 1.165) is 0 Å². The van der Waals surface area contributed by atoms with Gasteiger partial charge in [-0.3, -0.25) is 9.59 Å². The zero-order valence-electron chi connectivity index (χ0n) is 13.7. The van der Waals surface area contributed by atoms with Gasteiger partial charge in [-0.05, 0) is 30.9 Å². The molecule has 1 amide bonds. The van der Waals surface area contributed by atoms with Crippen molar-refractivity contribution in [2.75, 3.05) is 20.0 Å². The van der Waals surface area contributed by atoms with Gasteiger partial charge in [-0.25, -0.2) is 0 Å². The molecule has 126 valence electrons. The van der Waals surface area contributed by atoms with Crippen LogP contribution < -0.4 is 10.1 Å². The Bertz CT molecular complexity index is 706. The number of methoxy groups -OCH3 is 1. The third kappa shape index (κ3) is 3.39. The van der Waals surface area contributed by atoms with Crippen molar-refractivity contribution in [2.24, 2.45) is 5.92 Å². The molecule has 0 spiro atoms. The zero-order chi connectivity index (χ0) is 17.7. The van der Waals surface area contributed by atoms with Gasteiger partial charge in [0.05, 0.1) is 30.4 Å². The maximum Gasteiger partial charge on any atom is 0.319 e. The molecule has 1 N–H and O–H groups in total. The molecule has 1 aromatic rings. The van der Waals surface area contributed by atoms with Gasteiger partial charge in [0.15, 0.2) is 0 Å². The number of ether oxygens (including phenoxy) is 2. The Morgan fingerprint density at radius 2 is 2.04 bits per heavy atom. The van der Waals surface area contributed by atoms with E-state index in [0.29, 0.717) is 28.5 Å². The highest BCUT2D eigenvalue weighted by Gasteiger charge is 2.44. The highest BCUT2D eigenvalue weighted by Crippen LogP contribution is 2.39. The maximum absolute atomic E-state index is 12.4. The number of carbonyl (C=O) groups excluding carboxylic acids is 2. The summed E-state index contributed by atoms with van der Waals surface area (Å²) in [5, 5.41) is 12.7. The number of benzene rings is 1. The fourth-order valence-corrected chi connectivity index (χ4v) is 3.26. The molecule has 1 heterocycles. The van der Waals surface area contributed by atoms with Crippen LogP contribution in [0.2, 0.25) is 0 Å². The van der Waals surface area contributed by atoms with Crippen LogP contribution in [0.5, 0.6) is 5.75 Å². The molecule has 0 saturated carbocycles. The molecule has 2 atom stereocenters. The third-order valence-electron chi connectivity index (χ3n) is 3.74. The molecule has 0 aliphatic carbocycles. The van der Waals surface area contributed by atoms with E-state index in [9.17, 15) is 14.9 Å². The van der Waals surface area contributed by atoms with E-state index in [2.05, 4.69) is 11.4 Å². The van der Waals surface area contributed by atoms with Crippen LogP contribution in [0.3, 0.4) is 0 Å². The second kappa shape index (κ2) is 7.88. The van der Waals surface area contributed by atoms with Crippen molar-refractivity contribution in [3.63, 3.8) is 0 Å². The van der Waals surface area contributed by atoms with Crippen molar-refractivity contribution in [1.82, 2.24) is 5.32 Å². The van der Waals surface area contributed by atoms with Crippen LogP contribution in [0.4, 0.5) is 0 Å². The summed E-state index contributed by atoms with van der Waals surface area (Å²) in [7, 11) is 1.23. The van der Waals surface area contributed by atoms with Crippen LogP contribution in [0.1, 0.15) is 18.4 Å². The van der Waals surface area contributed by atoms with Crippen LogP contribution in [-0.2, 0) is 14.3 Å². The topological polar surface area (TPSA) is 88.4 Å². The molecule has 1 aliphatic rings. The van der Waals surface area contributed by atoms with E-state index >= 15 is 0 Å². The van der Waals surface area contributed by atoms with Crippen LogP contribution in [-0.4, -0.2) is 31.8 Å².